The van der Waals surface area contributed by atoms with E-state index in [1.165, 1.54) is 0 Å². The second-order valence-corrected chi connectivity index (χ2v) is 2.91. The Bertz CT molecular complexity index is 193. The third-order valence-electron chi connectivity index (χ3n) is 1.95. The van der Waals surface area contributed by atoms with Crippen molar-refractivity contribution in [3.63, 3.8) is 0 Å². The second kappa shape index (κ2) is 4.06. The monoisotopic (exact) mass is 171 g/mol. The van der Waals surface area contributed by atoms with Gasteiger partial charge in [0.1, 0.15) is 0 Å². The van der Waals surface area contributed by atoms with Gasteiger partial charge in [-0.1, -0.05) is 5.16 Å². The fourth-order valence-corrected chi connectivity index (χ4v) is 1.29. The smallest absolute Gasteiger partial charge is 0.231 e. The molecule has 0 saturated carbocycles. The summed E-state index contributed by atoms with van der Waals surface area (Å²) in [5.41, 5.74) is 5.83. The van der Waals surface area contributed by atoms with Crippen molar-refractivity contribution in [2.24, 2.45) is 10.9 Å². The van der Waals surface area contributed by atoms with Crippen LogP contribution in [-0.2, 0) is 4.79 Å². The van der Waals surface area contributed by atoms with Crippen molar-refractivity contribution in [2.45, 2.75) is 12.8 Å². The molecule has 3 N–H and O–H groups in total. The van der Waals surface area contributed by atoms with Crippen LogP contribution >= 0.6 is 0 Å². The Kier molecular flexibility index (Phi) is 3.04. The first-order valence-corrected chi connectivity index (χ1v) is 3.93. The lowest BCUT2D eigenvalue weighted by molar-refractivity contribution is -0.119. The zero-order chi connectivity index (χ0) is 8.97. The number of hydrogen-bond acceptors (Lipinski definition) is 4. The van der Waals surface area contributed by atoms with Gasteiger partial charge in [-0.2, -0.15) is 0 Å². The highest BCUT2D eigenvalue weighted by Gasteiger charge is 2.16. The average molecular weight is 171 g/mol. The summed E-state index contributed by atoms with van der Waals surface area (Å²) in [7, 11) is 0. The van der Waals surface area contributed by atoms with Crippen molar-refractivity contribution in [2.75, 3.05) is 19.6 Å². The number of primary amides is 1. The van der Waals surface area contributed by atoms with E-state index in [0.29, 0.717) is 6.54 Å². The van der Waals surface area contributed by atoms with E-state index < -0.39 is 0 Å². The standard InChI is InChI=1S/C7H13N3O2/c8-7(11)5-10-3-1-6(9-12)2-4-10/h12H,1-5H2,(H2,8,11). The molecule has 1 rings (SSSR count). The van der Waals surface area contributed by atoms with Crippen LogP contribution in [0.4, 0.5) is 0 Å². The molecule has 12 heavy (non-hydrogen) atoms. The number of piperidine rings is 1. The van der Waals surface area contributed by atoms with Crippen LogP contribution in [0.1, 0.15) is 12.8 Å². The number of hydrogen-bond donors (Lipinski definition) is 2. The van der Waals surface area contributed by atoms with Crippen LogP contribution in [0.5, 0.6) is 0 Å². The summed E-state index contributed by atoms with van der Waals surface area (Å²) in [6.45, 7) is 1.81. The number of carbonyl (C=O) groups excluding carboxylic acids is 1. The number of amides is 1. The zero-order valence-electron chi connectivity index (χ0n) is 6.86. The highest BCUT2D eigenvalue weighted by molar-refractivity contribution is 5.85. The van der Waals surface area contributed by atoms with Crippen LogP contribution in [0.15, 0.2) is 5.16 Å². The zero-order valence-corrected chi connectivity index (χ0v) is 6.86. The molecule has 5 heteroatoms. The van der Waals surface area contributed by atoms with Crippen molar-refractivity contribution in [1.29, 1.82) is 0 Å². The molecule has 0 aromatic heterocycles. The van der Waals surface area contributed by atoms with Gasteiger partial charge in [-0.05, 0) is 0 Å². The molecule has 0 atom stereocenters. The number of oxime groups is 1. The van der Waals surface area contributed by atoms with Crippen molar-refractivity contribution in [1.82, 2.24) is 4.90 Å². The first-order valence-electron chi connectivity index (χ1n) is 3.93. The molecule has 1 fully saturated rings. The van der Waals surface area contributed by atoms with Crippen molar-refractivity contribution in [3.8, 4) is 0 Å². The Hall–Kier alpha value is -1.10. The molecule has 5 nitrogen and oxygen atoms in total. The normalized spacial score (nSPS) is 19.2. The Morgan fingerprint density at radius 1 is 1.58 bits per heavy atom. The maximum Gasteiger partial charge on any atom is 0.231 e. The molecule has 0 radical (unpaired) electrons. The highest BCUT2D eigenvalue weighted by Crippen LogP contribution is 2.05. The molecule has 0 aliphatic carbocycles. The van der Waals surface area contributed by atoms with Gasteiger partial charge in [0.05, 0.1) is 12.3 Å². The number of rotatable bonds is 2. The molecule has 0 aromatic carbocycles. The van der Waals surface area contributed by atoms with Crippen molar-refractivity contribution >= 4 is 11.6 Å². The second-order valence-electron chi connectivity index (χ2n) is 2.91. The third-order valence-corrected chi connectivity index (χ3v) is 1.95. The summed E-state index contributed by atoms with van der Waals surface area (Å²) in [5, 5.41) is 11.6. The lowest BCUT2D eigenvalue weighted by Gasteiger charge is -2.25. The van der Waals surface area contributed by atoms with E-state index in [-0.39, 0.29) is 5.91 Å². The SMILES string of the molecule is NC(=O)CN1CCC(=NO)CC1. The third kappa shape index (κ3) is 2.50. The molecule has 0 unspecified atom stereocenters. The van der Waals surface area contributed by atoms with Crippen LogP contribution in [0.3, 0.4) is 0 Å². The minimum absolute atomic E-state index is 0.304. The number of likely N-dealkylation sites (tertiary alicyclic amines) is 1. The Morgan fingerprint density at radius 3 is 2.58 bits per heavy atom. The summed E-state index contributed by atoms with van der Waals surface area (Å²) in [6.07, 6.45) is 1.45. The Morgan fingerprint density at radius 2 is 2.17 bits per heavy atom. The fraction of sp³-hybridized carbons (Fsp3) is 0.714. The molecule has 1 amide bonds. The number of nitrogens with two attached hydrogens (primary N) is 1. The average Bonchev–Trinajstić information content (AvgIpc) is 2.05. The number of nitrogens with zero attached hydrogens (tertiary/aromatic N) is 2. The first-order chi connectivity index (χ1) is 5.72. The van der Waals surface area contributed by atoms with Crippen LogP contribution in [0, 0.1) is 0 Å². The summed E-state index contributed by atoms with van der Waals surface area (Å²) in [6, 6.07) is 0. The van der Waals surface area contributed by atoms with Crippen molar-refractivity contribution in [3.05, 3.63) is 0 Å². The molecule has 1 aliphatic heterocycles. The predicted octanol–water partition coefficient (Wildman–Crippen LogP) is -0.602. The summed E-state index contributed by atoms with van der Waals surface area (Å²) < 4.78 is 0. The van der Waals surface area contributed by atoms with Crippen LogP contribution in [0.2, 0.25) is 0 Å². The van der Waals surface area contributed by atoms with Crippen LogP contribution < -0.4 is 5.73 Å². The lowest BCUT2D eigenvalue weighted by Crippen LogP contribution is -2.39. The molecule has 1 heterocycles. The molecule has 1 aliphatic rings. The van der Waals surface area contributed by atoms with E-state index in [2.05, 4.69) is 5.16 Å². The summed E-state index contributed by atoms with van der Waals surface area (Å²) in [4.78, 5) is 12.5. The molecular formula is C7H13N3O2. The van der Waals surface area contributed by atoms with Gasteiger partial charge in [0.2, 0.25) is 5.91 Å². The van der Waals surface area contributed by atoms with Gasteiger partial charge >= 0.3 is 0 Å². The van der Waals surface area contributed by atoms with E-state index in [9.17, 15) is 4.79 Å². The minimum Gasteiger partial charge on any atom is -0.411 e. The van der Waals surface area contributed by atoms with Gasteiger partial charge in [-0.25, -0.2) is 0 Å². The Balaban J connectivity index is 2.31. The highest BCUT2D eigenvalue weighted by atomic mass is 16.4. The Labute approximate surface area is 70.8 Å². The quantitative estimate of drug-likeness (QED) is 0.430. The minimum atomic E-state index is -0.306. The molecular weight excluding hydrogens is 158 g/mol. The van der Waals surface area contributed by atoms with Gasteiger partial charge < -0.3 is 10.9 Å². The molecule has 0 spiro atoms. The molecule has 0 aromatic rings. The van der Waals surface area contributed by atoms with E-state index in [0.717, 1.165) is 31.6 Å². The van der Waals surface area contributed by atoms with Crippen molar-refractivity contribution < 1.29 is 10.0 Å². The predicted molar refractivity (Wildman–Crippen MR) is 44.1 cm³/mol. The molecule has 1 saturated heterocycles. The van der Waals surface area contributed by atoms with E-state index in [4.69, 9.17) is 10.9 Å². The van der Waals surface area contributed by atoms with Gasteiger partial charge in [0, 0.05) is 25.9 Å². The maximum atomic E-state index is 10.5. The summed E-state index contributed by atoms with van der Waals surface area (Å²) in [5.74, 6) is -0.306. The molecule has 68 valence electrons. The van der Waals surface area contributed by atoms with Gasteiger partial charge in [0.15, 0.2) is 0 Å². The molecule has 0 bridgehead atoms. The van der Waals surface area contributed by atoms with Gasteiger partial charge in [-0.15, -0.1) is 0 Å². The van der Waals surface area contributed by atoms with Gasteiger partial charge in [0.25, 0.3) is 0 Å². The van der Waals surface area contributed by atoms with Crippen LogP contribution in [0.25, 0.3) is 0 Å². The largest absolute Gasteiger partial charge is 0.411 e. The van der Waals surface area contributed by atoms with Gasteiger partial charge in [-0.3, -0.25) is 9.69 Å². The number of carbonyl (C=O) groups is 1. The van der Waals surface area contributed by atoms with E-state index >= 15 is 0 Å². The van der Waals surface area contributed by atoms with E-state index in [1.807, 2.05) is 4.90 Å². The lowest BCUT2D eigenvalue weighted by atomic mass is 10.1. The topological polar surface area (TPSA) is 78.9 Å². The van der Waals surface area contributed by atoms with E-state index in [1.54, 1.807) is 0 Å². The first kappa shape index (κ1) is 8.99. The fourth-order valence-electron chi connectivity index (χ4n) is 1.29. The maximum absolute atomic E-state index is 10.5. The van der Waals surface area contributed by atoms with Crippen LogP contribution in [-0.4, -0.2) is 41.4 Å². The summed E-state index contributed by atoms with van der Waals surface area (Å²) >= 11 is 0.